The van der Waals surface area contributed by atoms with E-state index in [0.29, 0.717) is 12.8 Å². The lowest BCUT2D eigenvalue weighted by Crippen LogP contribution is -2.35. The van der Waals surface area contributed by atoms with Gasteiger partial charge in [0, 0.05) is 11.3 Å². The average molecular weight is 258 g/mol. The highest BCUT2D eigenvalue weighted by molar-refractivity contribution is 7.09. The molecular weight excluding hydrogens is 244 g/mol. The van der Waals surface area contributed by atoms with Crippen molar-refractivity contribution in [3.63, 3.8) is 0 Å². The van der Waals surface area contributed by atoms with Crippen molar-refractivity contribution in [2.75, 3.05) is 0 Å². The Morgan fingerprint density at radius 2 is 2.11 bits per heavy atom. The summed E-state index contributed by atoms with van der Waals surface area (Å²) in [5.41, 5.74) is 1.48. The summed E-state index contributed by atoms with van der Waals surface area (Å²) in [5, 5.41) is 11.7. The first-order valence-corrected chi connectivity index (χ1v) is 6.94. The van der Waals surface area contributed by atoms with Crippen LogP contribution in [0.25, 0.3) is 0 Å². The fourth-order valence-electron chi connectivity index (χ4n) is 2.88. The topological polar surface area (TPSA) is 37.3 Å². The molecule has 1 aliphatic rings. The van der Waals surface area contributed by atoms with Crippen molar-refractivity contribution in [3.05, 3.63) is 57.8 Å². The second-order valence-corrected chi connectivity index (χ2v) is 5.83. The highest BCUT2D eigenvalue weighted by Crippen LogP contribution is 2.42. The predicted molar refractivity (Wildman–Crippen MR) is 72.1 cm³/mol. The van der Waals surface area contributed by atoms with Crippen molar-refractivity contribution in [1.82, 2.24) is 0 Å². The summed E-state index contributed by atoms with van der Waals surface area (Å²) in [4.78, 5) is 13.0. The second kappa shape index (κ2) is 4.25. The standard InChI is InChI=1S/C15H14O2S/c16-14(17)15(10-12-5-3-9-18-12)8-7-11-4-1-2-6-13(11)15/h1-6,9H,7-8,10H2,(H,16,17). The normalized spacial score (nSPS) is 21.8. The average Bonchev–Trinajstić information content (AvgIpc) is 2.99. The van der Waals surface area contributed by atoms with Gasteiger partial charge in [0.15, 0.2) is 0 Å². The van der Waals surface area contributed by atoms with Gasteiger partial charge in [-0.15, -0.1) is 11.3 Å². The van der Waals surface area contributed by atoms with E-state index in [9.17, 15) is 9.90 Å². The molecule has 3 heteroatoms. The summed E-state index contributed by atoms with van der Waals surface area (Å²) in [5.74, 6) is -0.694. The number of carboxylic acids is 1. The number of fused-ring (bicyclic) bond motifs is 1. The van der Waals surface area contributed by atoms with Crippen LogP contribution in [0.1, 0.15) is 22.4 Å². The summed E-state index contributed by atoms with van der Waals surface area (Å²) >= 11 is 1.64. The number of hydrogen-bond acceptors (Lipinski definition) is 2. The van der Waals surface area contributed by atoms with Crippen LogP contribution in [0.15, 0.2) is 41.8 Å². The molecule has 2 nitrogen and oxygen atoms in total. The molecular formula is C15H14O2S. The molecule has 1 aromatic heterocycles. The van der Waals surface area contributed by atoms with Gasteiger partial charge in [-0.05, 0) is 35.4 Å². The lowest BCUT2D eigenvalue weighted by Gasteiger charge is -2.25. The van der Waals surface area contributed by atoms with Crippen LogP contribution in [-0.4, -0.2) is 11.1 Å². The third-order valence-corrected chi connectivity index (χ3v) is 4.70. The van der Waals surface area contributed by atoms with Crippen molar-refractivity contribution in [2.45, 2.75) is 24.7 Å². The summed E-state index contributed by atoms with van der Waals surface area (Å²) in [6, 6.07) is 12.0. The molecule has 0 amide bonds. The van der Waals surface area contributed by atoms with Crippen molar-refractivity contribution in [2.24, 2.45) is 0 Å². The molecule has 0 spiro atoms. The number of rotatable bonds is 3. The van der Waals surface area contributed by atoms with Gasteiger partial charge >= 0.3 is 5.97 Å². The van der Waals surface area contributed by atoms with Gasteiger partial charge in [0.2, 0.25) is 0 Å². The highest BCUT2D eigenvalue weighted by Gasteiger charge is 2.45. The maximum absolute atomic E-state index is 11.8. The van der Waals surface area contributed by atoms with Crippen molar-refractivity contribution in [3.8, 4) is 0 Å². The van der Waals surface area contributed by atoms with Gasteiger partial charge in [0.05, 0.1) is 5.41 Å². The smallest absolute Gasteiger partial charge is 0.314 e. The van der Waals surface area contributed by atoms with E-state index in [-0.39, 0.29) is 0 Å². The highest BCUT2D eigenvalue weighted by atomic mass is 32.1. The van der Waals surface area contributed by atoms with Crippen LogP contribution in [-0.2, 0) is 23.1 Å². The van der Waals surface area contributed by atoms with E-state index in [4.69, 9.17) is 0 Å². The maximum Gasteiger partial charge on any atom is 0.314 e. The molecule has 2 aromatic rings. The number of carboxylic acid groups (broad SMARTS) is 1. The van der Waals surface area contributed by atoms with Crippen LogP contribution >= 0.6 is 11.3 Å². The lowest BCUT2D eigenvalue weighted by molar-refractivity contribution is -0.143. The first-order valence-electron chi connectivity index (χ1n) is 6.06. The van der Waals surface area contributed by atoms with Crippen LogP contribution in [0.5, 0.6) is 0 Å². The third kappa shape index (κ3) is 1.66. The molecule has 0 saturated carbocycles. The second-order valence-electron chi connectivity index (χ2n) is 4.80. The molecule has 1 aromatic carbocycles. The maximum atomic E-state index is 11.8. The van der Waals surface area contributed by atoms with E-state index in [2.05, 4.69) is 6.07 Å². The summed E-state index contributed by atoms with van der Waals surface area (Å²) in [6.45, 7) is 0. The van der Waals surface area contributed by atoms with Gasteiger partial charge in [-0.3, -0.25) is 4.79 Å². The number of aryl methyl sites for hydroxylation is 1. The predicted octanol–water partition coefficient (Wildman–Crippen LogP) is 3.26. The summed E-state index contributed by atoms with van der Waals surface area (Å²) < 4.78 is 0. The van der Waals surface area contributed by atoms with E-state index in [0.717, 1.165) is 16.9 Å². The van der Waals surface area contributed by atoms with Crippen molar-refractivity contribution < 1.29 is 9.90 Å². The largest absolute Gasteiger partial charge is 0.481 e. The first-order chi connectivity index (χ1) is 8.72. The summed E-state index contributed by atoms with van der Waals surface area (Å²) in [6.07, 6.45) is 2.18. The van der Waals surface area contributed by atoms with Gasteiger partial charge < -0.3 is 5.11 Å². The van der Waals surface area contributed by atoms with Crippen molar-refractivity contribution >= 4 is 17.3 Å². The molecule has 18 heavy (non-hydrogen) atoms. The van der Waals surface area contributed by atoms with Gasteiger partial charge in [-0.25, -0.2) is 0 Å². The molecule has 1 unspecified atom stereocenters. The van der Waals surface area contributed by atoms with Crippen LogP contribution in [0, 0.1) is 0 Å². The zero-order valence-corrected chi connectivity index (χ0v) is 10.7. The Kier molecular flexibility index (Phi) is 2.71. The molecule has 0 bridgehead atoms. The molecule has 1 atom stereocenters. The van der Waals surface area contributed by atoms with Gasteiger partial charge in [0.1, 0.15) is 0 Å². The first kappa shape index (κ1) is 11.5. The van der Waals surface area contributed by atoms with Crippen LogP contribution in [0.3, 0.4) is 0 Å². The minimum atomic E-state index is -0.721. The quantitative estimate of drug-likeness (QED) is 0.917. The number of carbonyl (C=O) groups is 1. The SMILES string of the molecule is O=C(O)C1(Cc2cccs2)CCc2ccccc21. The fraction of sp³-hybridized carbons (Fsp3) is 0.267. The number of benzene rings is 1. The lowest BCUT2D eigenvalue weighted by atomic mass is 9.78. The van der Waals surface area contributed by atoms with E-state index in [1.165, 1.54) is 5.56 Å². The Morgan fingerprint density at radius 1 is 1.28 bits per heavy atom. The molecule has 0 fully saturated rings. The van der Waals surface area contributed by atoms with Crippen LogP contribution < -0.4 is 0 Å². The fourth-order valence-corrected chi connectivity index (χ4v) is 3.70. The minimum absolute atomic E-state index is 0.608. The molecule has 1 aliphatic carbocycles. The van der Waals surface area contributed by atoms with E-state index < -0.39 is 11.4 Å². The Balaban J connectivity index is 2.07. The zero-order chi connectivity index (χ0) is 12.6. The Hall–Kier alpha value is -1.61. The van der Waals surface area contributed by atoms with E-state index >= 15 is 0 Å². The Bertz CT molecular complexity index is 574. The Morgan fingerprint density at radius 3 is 2.83 bits per heavy atom. The monoisotopic (exact) mass is 258 g/mol. The van der Waals surface area contributed by atoms with Gasteiger partial charge in [-0.1, -0.05) is 30.3 Å². The summed E-state index contributed by atoms with van der Waals surface area (Å²) in [7, 11) is 0. The molecule has 1 N–H and O–H groups in total. The zero-order valence-electron chi connectivity index (χ0n) is 9.93. The van der Waals surface area contributed by atoms with Crippen LogP contribution in [0.2, 0.25) is 0 Å². The van der Waals surface area contributed by atoms with Crippen molar-refractivity contribution in [1.29, 1.82) is 0 Å². The van der Waals surface area contributed by atoms with E-state index in [1.54, 1.807) is 11.3 Å². The molecule has 0 radical (unpaired) electrons. The number of aliphatic carboxylic acids is 1. The Labute approximate surface area is 110 Å². The number of hydrogen-bond donors (Lipinski definition) is 1. The van der Waals surface area contributed by atoms with Gasteiger partial charge in [0.25, 0.3) is 0 Å². The molecule has 1 heterocycles. The third-order valence-electron chi connectivity index (χ3n) is 3.82. The molecule has 0 aliphatic heterocycles. The number of thiophene rings is 1. The van der Waals surface area contributed by atoms with Crippen LogP contribution in [0.4, 0.5) is 0 Å². The molecule has 0 saturated heterocycles. The van der Waals surface area contributed by atoms with E-state index in [1.807, 2.05) is 35.7 Å². The molecule has 3 rings (SSSR count). The molecule has 92 valence electrons. The minimum Gasteiger partial charge on any atom is -0.481 e. The van der Waals surface area contributed by atoms with Gasteiger partial charge in [-0.2, -0.15) is 0 Å².